The molecule has 1 spiro atoms. The number of amides is 2. The number of carbonyl (C=O) groups excluding carboxylic acids is 3. The van der Waals surface area contributed by atoms with Crippen LogP contribution in [0.5, 0.6) is 0 Å². The number of esters is 1. The molecular weight excluding hydrogens is 472 g/mol. The Balaban J connectivity index is 1.63. The van der Waals surface area contributed by atoms with Crippen LogP contribution >= 0.6 is 0 Å². The highest BCUT2D eigenvalue weighted by molar-refractivity contribution is 7.95. The first-order valence-electron chi connectivity index (χ1n) is 12.1. The Morgan fingerprint density at radius 1 is 1.14 bits per heavy atom. The van der Waals surface area contributed by atoms with E-state index in [4.69, 9.17) is 18.9 Å². The maximum absolute atomic E-state index is 13.3. The minimum atomic E-state index is -0.795. The van der Waals surface area contributed by atoms with Gasteiger partial charge in [-0.2, -0.15) is 0 Å². The average Bonchev–Trinajstić information content (AvgIpc) is 3.30. The highest BCUT2D eigenvalue weighted by Gasteiger charge is 2.48. The number of hydrogen-bond donors (Lipinski definition) is 2. The minimum Gasteiger partial charge on any atom is -0.466 e. The summed E-state index contributed by atoms with van der Waals surface area (Å²) in [6.45, 7) is 3.08. The molecule has 35 heavy (non-hydrogen) atoms. The summed E-state index contributed by atoms with van der Waals surface area (Å²) in [5.74, 6) is -1.34. The van der Waals surface area contributed by atoms with Crippen molar-refractivity contribution in [3.63, 3.8) is 0 Å². The molecule has 2 fully saturated rings. The summed E-state index contributed by atoms with van der Waals surface area (Å²) in [6.07, 6.45) is 5.38. The first-order valence-corrected chi connectivity index (χ1v) is 14.3. The summed E-state index contributed by atoms with van der Waals surface area (Å²) >= 11 is 0. The van der Waals surface area contributed by atoms with Crippen LogP contribution in [-0.4, -0.2) is 73.9 Å². The Morgan fingerprint density at radius 3 is 2.51 bits per heavy atom. The van der Waals surface area contributed by atoms with Crippen LogP contribution < -0.4 is 10.6 Å². The molecule has 2 aliphatic rings. The third kappa shape index (κ3) is 8.12. The molecule has 9 nitrogen and oxygen atoms in total. The highest BCUT2D eigenvalue weighted by atomic mass is 32.2. The van der Waals surface area contributed by atoms with Crippen molar-refractivity contribution in [2.24, 2.45) is 5.92 Å². The molecule has 3 atom stereocenters. The standard InChI is InChI=1S/C25H36N2O7S/c1-4-31-23(29)19-16-25(33-13-14-34-25)12-10-20(19)26-22(28)21(11-15-35(2)3)27-24(30)32-17-18-8-6-5-7-9-18/h5-9,19-21H,4,10-17H2,1-3H3,(H-,26,27,28,30)/p+1/t19-,20-,21-/m0/s1. The molecule has 1 saturated carbocycles. The van der Waals surface area contributed by atoms with E-state index in [9.17, 15) is 14.4 Å². The normalized spacial score (nSPS) is 21.9. The lowest BCUT2D eigenvalue weighted by atomic mass is 9.80. The zero-order chi connectivity index (χ0) is 25.3. The van der Waals surface area contributed by atoms with Crippen molar-refractivity contribution < 1.29 is 33.3 Å². The van der Waals surface area contributed by atoms with E-state index < -0.39 is 29.9 Å². The second-order valence-electron chi connectivity index (χ2n) is 9.06. The Hall–Kier alpha value is -2.30. The number of nitrogens with one attached hydrogen (secondary N) is 2. The molecule has 1 aromatic rings. The van der Waals surface area contributed by atoms with Gasteiger partial charge in [0.1, 0.15) is 18.4 Å². The molecule has 0 aromatic heterocycles. The van der Waals surface area contributed by atoms with Crippen molar-refractivity contribution in [2.75, 3.05) is 38.1 Å². The zero-order valence-electron chi connectivity index (χ0n) is 20.7. The lowest BCUT2D eigenvalue weighted by molar-refractivity contribution is -0.199. The summed E-state index contributed by atoms with van der Waals surface area (Å²) in [7, 11) is 0.0901. The van der Waals surface area contributed by atoms with Gasteiger partial charge < -0.3 is 29.6 Å². The smallest absolute Gasteiger partial charge is 0.408 e. The lowest BCUT2D eigenvalue weighted by Crippen LogP contribution is -2.56. The molecule has 1 aliphatic carbocycles. The molecule has 0 unspecified atom stereocenters. The van der Waals surface area contributed by atoms with Gasteiger partial charge in [0, 0.05) is 25.3 Å². The fourth-order valence-electron chi connectivity index (χ4n) is 4.40. The largest absolute Gasteiger partial charge is 0.466 e. The van der Waals surface area contributed by atoms with Crippen LogP contribution in [0.3, 0.4) is 0 Å². The van der Waals surface area contributed by atoms with Gasteiger partial charge in [-0.05, 0) is 29.8 Å². The van der Waals surface area contributed by atoms with E-state index in [2.05, 4.69) is 23.1 Å². The summed E-state index contributed by atoms with van der Waals surface area (Å²) in [5, 5.41) is 5.72. The molecule has 2 N–H and O–H groups in total. The number of rotatable bonds is 10. The van der Waals surface area contributed by atoms with Gasteiger partial charge >= 0.3 is 12.1 Å². The molecule has 1 aliphatic heterocycles. The molecule has 10 heteroatoms. The van der Waals surface area contributed by atoms with Crippen molar-refractivity contribution >= 4 is 28.9 Å². The van der Waals surface area contributed by atoms with Gasteiger partial charge in [-0.15, -0.1) is 0 Å². The topological polar surface area (TPSA) is 112 Å². The van der Waals surface area contributed by atoms with Gasteiger partial charge in [-0.25, -0.2) is 4.79 Å². The van der Waals surface area contributed by atoms with Crippen molar-refractivity contribution in [1.29, 1.82) is 0 Å². The fraction of sp³-hybridized carbons (Fsp3) is 0.640. The first-order chi connectivity index (χ1) is 16.8. The summed E-state index contributed by atoms with van der Waals surface area (Å²) in [5.41, 5.74) is 0.858. The van der Waals surface area contributed by atoms with E-state index in [0.29, 0.717) is 38.9 Å². The van der Waals surface area contributed by atoms with Crippen molar-refractivity contribution in [1.82, 2.24) is 10.6 Å². The number of alkyl carbamates (subject to hydrolysis) is 1. The van der Waals surface area contributed by atoms with E-state index >= 15 is 0 Å². The van der Waals surface area contributed by atoms with Gasteiger partial charge in [0.25, 0.3) is 0 Å². The molecule has 0 bridgehead atoms. The average molecular weight is 510 g/mol. The van der Waals surface area contributed by atoms with Crippen LogP contribution in [0.4, 0.5) is 4.79 Å². The van der Waals surface area contributed by atoms with E-state index in [1.165, 1.54) is 0 Å². The Bertz CT molecular complexity index is 845. The SMILES string of the molecule is CCOC(=O)[C@H]1CC2(CC[C@@H]1NC(=O)[C@H](CC[S+](C)C)NC(=O)OCc1ccccc1)OCCO2. The third-order valence-corrected chi connectivity index (χ3v) is 7.27. The maximum Gasteiger partial charge on any atom is 0.408 e. The van der Waals surface area contributed by atoms with Gasteiger partial charge in [0.05, 0.1) is 38.3 Å². The fourth-order valence-corrected chi connectivity index (χ4v) is 5.10. The van der Waals surface area contributed by atoms with Crippen LogP contribution in [0.25, 0.3) is 0 Å². The van der Waals surface area contributed by atoms with Gasteiger partial charge in [0.2, 0.25) is 5.91 Å². The van der Waals surface area contributed by atoms with E-state index in [1.807, 2.05) is 30.3 Å². The number of benzene rings is 1. The van der Waals surface area contributed by atoms with E-state index in [1.54, 1.807) is 6.92 Å². The van der Waals surface area contributed by atoms with Crippen molar-refractivity contribution in [3.8, 4) is 0 Å². The van der Waals surface area contributed by atoms with Gasteiger partial charge in [-0.1, -0.05) is 30.3 Å². The molecule has 1 aromatic carbocycles. The summed E-state index contributed by atoms with van der Waals surface area (Å²) in [4.78, 5) is 38.5. The van der Waals surface area contributed by atoms with Crippen LogP contribution in [0.15, 0.2) is 30.3 Å². The Kier molecular flexibility index (Phi) is 10.2. The summed E-state index contributed by atoms with van der Waals surface area (Å²) in [6, 6.07) is 8.13. The van der Waals surface area contributed by atoms with E-state index in [-0.39, 0.29) is 36.0 Å². The molecule has 194 valence electrons. The van der Waals surface area contributed by atoms with Gasteiger partial charge in [-0.3, -0.25) is 9.59 Å². The monoisotopic (exact) mass is 509 g/mol. The molecule has 1 saturated heterocycles. The second-order valence-corrected chi connectivity index (χ2v) is 11.4. The number of hydrogen-bond acceptors (Lipinski definition) is 7. The molecular formula is C25H37N2O7S+. The predicted molar refractivity (Wildman–Crippen MR) is 133 cm³/mol. The maximum atomic E-state index is 13.3. The number of carbonyl (C=O) groups is 3. The molecule has 2 amide bonds. The zero-order valence-corrected chi connectivity index (χ0v) is 21.6. The first kappa shape index (κ1) is 27.3. The summed E-state index contributed by atoms with van der Waals surface area (Å²) < 4.78 is 22.2. The van der Waals surface area contributed by atoms with Crippen LogP contribution in [0.2, 0.25) is 0 Å². The van der Waals surface area contributed by atoms with Crippen LogP contribution in [-0.2, 0) is 46.0 Å². The lowest BCUT2D eigenvalue weighted by Gasteiger charge is -2.40. The third-order valence-electron chi connectivity index (χ3n) is 6.22. The van der Waals surface area contributed by atoms with Crippen LogP contribution in [0.1, 0.15) is 38.2 Å². The van der Waals surface area contributed by atoms with Crippen LogP contribution in [0, 0.1) is 5.92 Å². The van der Waals surface area contributed by atoms with E-state index in [0.717, 1.165) is 11.3 Å². The molecule has 1 heterocycles. The second kappa shape index (κ2) is 13.1. The van der Waals surface area contributed by atoms with Gasteiger partial charge in [0.15, 0.2) is 5.79 Å². The highest BCUT2D eigenvalue weighted by Crippen LogP contribution is 2.39. The van der Waals surface area contributed by atoms with Crippen molar-refractivity contribution in [2.45, 2.75) is 57.1 Å². The van der Waals surface area contributed by atoms with Crippen molar-refractivity contribution in [3.05, 3.63) is 35.9 Å². The number of ether oxygens (including phenoxy) is 4. The quantitative estimate of drug-likeness (QED) is 0.367. The predicted octanol–water partition coefficient (Wildman–Crippen LogP) is 2.14. The Labute approximate surface area is 209 Å². The minimum absolute atomic E-state index is 0.0901. The molecule has 3 rings (SSSR count). The Morgan fingerprint density at radius 2 is 1.86 bits per heavy atom. The molecule has 0 radical (unpaired) electrons.